The molecule has 0 saturated heterocycles. The predicted octanol–water partition coefficient (Wildman–Crippen LogP) is 2.74. The average Bonchev–Trinajstić information content (AvgIpc) is 2.65. The Morgan fingerprint density at radius 3 is 2.42 bits per heavy atom. The molecule has 1 N–H and O–H groups in total. The van der Waals surface area contributed by atoms with E-state index in [1.165, 1.54) is 0 Å². The maximum absolute atomic E-state index is 13.1. The van der Waals surface area contributed by atoms with E-state index in [9.17, 15) is 33.4 Å². The van der Waals surface area contributed by atoms with Crippen LogP contribution in [0.1, 0.15) is 34.1 Å². The molecule has 1 amide bonds. The normalized spacial score (nSPS) is 17.5. The number of hydrogen-bond donors (Lipinski definition) is 1. The van der Waals surface area contributed by atoms with Gasteiger partial charge in [-0.25, -0.2) is 13.2 Å². The zero-order valence-corrected chi connectivity index (χ0v) is 18.3. The summed E-state index contributed by atoms with van der Waals surface area (Å²) in [5.41, 5.74) is -1.45. The number of alkyl carbamates (subject to hydrolysis) is 1. The van der Waals surface area contributed by atoms with Gasteiger partial charge in [0.05, 0.1) is 22.0 Å². The minimum Gasteiger partial charge on any atom is -0.444 e. The molecule has 0 spiro atoms. The topological polar surface area (TPSA) is 162 Å². The van der Waals surface area contributed by atoms with E-state index in [0.717, 1.165) is 22.0 Å². The third-order valence-corrected chi connectivity index (χ3v) is 6.34. The minimum absolute atomic E-state index is 0.0633. The first-order valence-corrected chi connectivity index (χ1v) is 10.8. The van der Waals surface area contributed by atoms with E-state index < -0.39 is 53.9 Å². The van der Waals surface area contributed by atoms with Gasteiger partial charge in [-0.2, -0.15) is 4.31 Å². The minimum atomic E-state index is -4.38. The molecule has 0 aromatic heterocycles. The number of nitrogens with zero attached hydrogens (tertiary/aromatic N) is 3. The molecule has 1 aliphatic heterocycles. The first-order chi connectivity index (χ1) is 14.3. The number of hydrogen-bond acceptors (Lipinski definition) is 8. The number of carbonyl (C=O) groups excluding carboxylic acids is 1. The Morgan fingerprint density at radius 1 is 1.26 bits per heavy atom. The summed E-state index contributed by atoms with van der Waals surface area (Å²) in [6.07, 6.45) is 1.45. The second-order valence-corrected chi connectivity index (χ2v) is 9.73. The van der Waals surface area contributed by atoms with Gasteiger partial charge in [0.1, 0.15) is 5.60 Å². The largest absolute Gasteiger partial charge is 0.444 e. The second kappa shape index (κ2) is 8.98. The van der Waals surface area contributed by atoms with Crippen LogP contribution in [0.2, 0.25) is 0 Å². The number of nitro groups is 2. The number of benzene rings is 1. The number of carbonyl (C=O) groups is 1. The van der Waals surface area contributed by atoms with Gasteiger partial charge in [0.25, 0.3) is 11.4 Å². The summed E-state index contributed by atoms with van der Waals surface area (Å²) in [6.45, 7) is 6.68. The molecule has 170 valence electrons. The van der Waals surface area contributed by atoms with Crippen molar-refractivity contribution in [3.05, 3.63) is 50.1 Å². The van der Waals surface area contributed by atoms with Gasteiger partial charge < -0.3 is 10.1 Å². The van der Waals surface area contributed by atoms with Crippen LogP contribution >= 0.6 is 0 Å². The molecular formula is C18H24N4O8S. The molecule has 1 aromatic carbocycles. The SMILES string of the molecule is CCC1=CCN(S(=O)(=O)c2ccc([N+](=O)[O-])cc2[N+](=O)[O-])C[C@H]1NC(=O)OC(C)(C)C. The van der Waals surface area contributed by atoms with Gasteiger partial charge in [0, 0.05) is 19.2 Å². The summed E-state index contributed by atoms with van der Waals surface area (Å²) in [6, 6.07) is 1.66. The van der Waals surface area contributed by atoms with Crippen molar-refractivity contribution in [3.8, 4) is 0 Å². The average molecular weight is 456 g/mol. The maximum Gasteiger partial charge on any atom is 0.408 e. The van der Waals surface area contributed by atoms with Crippen molar-refractivity contribution < 1.29 is 27.8 Å². The van der Waals surface area contributed by atoms with Gasteiger partial charge in [-0.05, 0) is 38.8 Å². The molecule has 0 unspecified atom stereocenters. The monoisotopic (exact) mass is 456 g/mol. The van der Waals surface area contributed by atoms with Crippen molar-refractivity contribution in [2.75, 3.05) is 13.1 Å². The van der Waals surface area contributed by atoms with Crippen LogP contribution in [-0.4, -0.2) is 53.4 Å². The summed E-state index contributed by atoms with van der Waals surface area (Å²) in [4.78, 5) is 32.0. The number of non-ortho nitro benzene ring substituents is 1. The molecule has 0 radical (unpaired) electrons. The lowest BCUT2D eigenvalue weighted by Crippen LogP contribution is -2.50. The molecule has 1 heterocycles. The fourth-order valence-corrected chi connectivity index (χ4v) is 4.58. The molecule has 0 fully saturated rings. The fourth-order valence-electron chi connectivity index (χ4n) is 3.05. The highest BCUT2D eigenvalue weighted by Gasteiger charge is 2.37. The van der Waals surface area contributed by atoms with E-state index in [4.69, 9.17) is 4.74 Å². The van der Waals surface area contributed by atoms with E-state index in [0.29, 0.717) is 12.5 Å². The van der Waals surface area contributed by atoms with E-state index in [-0.39, 0.29) is 13.1 Å². The van der Waals surface area contributed by atoms with Gasteiger partial charge in [-0.1, -0.05) is 13.0 Å². The Kier molecular flexibility index (Phi) is 7.01. The highest BCUT2D eigenvalue weighted by molar-refractivity contribution is 7.89. The molecule has 1 atom stereocenters. The highest BCUT2D eigenvalue weighted by atomic mass is 32.2. The Balaban J connectivity index is 2.37. The summed E-state index contributed by atoms with van der Waals surface area (Å²) < 4.78 is 32.5. The van der Waals surface area contributed by atoms with Crippen molar-refractivity contribution >= 4 is 27.5 Å². The molecule has 12 nitrogen and oxygen atoms in total. The van der Waals surface area contributed by atoms with Gasteiger partial charge in [-0.3, -0.25) is 20.2 Å². The van der Waals surface area contributed by atoms with Crippen molar-refractivity contribution in [2.24, 2.45) is 0 Å². The third kappa shape index (κ3) is 5.76. The van der Waals surface area contributed by atoms with Crippen LogP contribution in [0.25, 0.3) is 0 Å². The first-order valence-electron chi connectivity index (χ1n) is 9.37. The van der Waals surface area contributed by atoms with Crippen molar-refractivity contribution in [1.29, 1.82) is 0 Å². The van der Waals surface area contributed by atoms with E-state index >= 15 is 0 Å². The molecule has 13 heteroatoms. The summed E-state index contributed by atoms with van der Waals surface area (Å²) in [5.74, 6) is 0. The van der Waals surface area contributed by atoms with Crippen LogP contribution in [-0.2, 0) is 14.8 Å². The first kappa shape index (κ1) is 24.2. The molecule has 0 aliphatic carbocycles. The van der Waals surface area contributed by atoms with E-state index in [1.807, 2.05) is 6.92 Å². The molecular weight excluding hydrogens is 432 g/mol. The quantitative estimate of drug-likeness (QED) is 0.388. The smallest absolute Gasteiger partial charge is 0.408 e. The zero-order chi connectivity index (χ0) is 23.6. The van der Waals surface area contributed by atoms with Crippen LogP contribution in [0.15, 0.2) is 34.7 Å². The third-order valence-electron chi connectivity index (χ3n) is 4.46. The van der Waals surface area contributed by atoms with Crippen molar-refractivity contribution in [2.45, 2.75) is 50.7 Å². The van der Waals surface area contributed by atoms with Crippen LogP contribution < -0.4 is 5.32 Å². The second-order valence-electron chi connectivity index (χ2n) is 7.82. The maximum atomic E-state index is 13.1. The number of sulfonamides is 1. The number of nitro benzene ring substituents is 2. The summed E-state index contributed by atoms with van der Waals surface area (Å²) >= 11 is 0. The molecule has 2 rings (SSSR count). The Hall–Kier alpha value is -3.06. The van der Waals surface area contributed by atoms with Crippen LogP contribution in [0.4, 0.5) is 16.2 Å². The van der Waals surface area contributed by atoms with Gasteiger partial charge in [0.15, 0.2) is 4.90 Å². The summed E-state index contributed by atoms with van der Waals surface area (Å²) in [7, 11) is -4.38. The van der Waals surface area contributed by atoms with E-state index in [1.54, 1.807) is 26.8 Å². The predicted molar refractivity (Wildman–Crippen MR) is 110 cm³/mol. The number of ether oxygens (including phenoxy) is 1. The van der Waals surface area contributed by atoms with Gasteiger partial charge >= 0.3 is 6.09 Å². The lowest BCUT2D eigenvalue weighted by atomic mass is 10.0. The van der Waals surface area contributed by atoms with Crippen LogP contribution in [0.3, 0.4) is 0 Å². The van der Waals surface area contributed by atoms with Crippen LogP contribution in [0, 0.1) is 20.2 Å². The molecule has 1 aromatic rings. The van der Waals surface area contributed by atoms with E-state index in [2.05, 4.69) is 5.32 Å². The number of rotatable bonds is 6. The lowest BCUT2D eigenvalue weighted by molar-refractivity contribution is -0.396. The zero-order valence-electron chi connectivity index (χ0n) is 17.5. The van der Waals surface area contributed by atoms with Gasteiger partial charge in [-0.15, -0.1) is 0 Å². The summed E-state index contributed by atoms with van der Waals surface area (Å²) in [5, 5.41) is 24.9. The fraction of sp³-hybridized carbons (Fsp3) is 0.500. The van der Waals surface area contributed by atoms with Crippen molar-refractivity contribution in [3.63, 3.8) is 0 Å². The Morgan fingerprint density at radius 2 is 1.90 bits per heavy atom. The van der Waals surface area contributed by atoms with Gasteiger partial charge in [0.2, 0.25) is 10.0 Å². The molecule has 0 bridgehead atoms. The van der Waals surface area contributed by atoms with Crippen molar-refractivity contribution in [1.82, 2.24) is 9.62 Å². The number of nitrogens with one attached hydrogen (secondary N) is 1. The molecule has 0 saturated carbocycles. The Bertz CT molecular complexity index is 1030. The Labute approximate surface area is 179 Å². The highest BCUT2D eigenvalue weighted by Crippen LogP contribution is 2.32. The molecule has 31 heavy (non-hydrogen) atoms. The standard InChI is InChI=1S/C18H24N4O8S/c1-5-12-8-9-20(11-14(12)19-17(23)30-18(2,3)4)31(28,29)16-7-6-13(21(24)25)10-15(16)22(26)27/h6-8,10,14H,5,9,11H2,1-4H3,(H,19,23)/t14-/m1/s1. The number of amides is 1. The molecule has 1 aliphatic rings. The van der Waals surface area contributed by atoms with Crippen LogP contribution in [0.5, 0.6) is 0 Å². The lowest BCUT2D eigenvalue weighted by Gasteiger charge is -2.33.